The quantitative estimate of drug-likeness (QED) is 0.645. The van der Waals surface area contributed by atoms with E-state index in [-0.39, 0.29) is 17.4 Å². The molecule has 0 saturated heterocycles. The van der Waals surface area contributed by atoms with Gasteiger partial charge in [-0.1, -0.05) is 0 Å². The Balaban J connectivity index is 2.73. The molecule has 1 aromatic heterocycles. The van der Waals surface area contributed by atoms with Crippen molar-refractivity contribution in [3.05, 3.63) is 32.6 Å². The van der Waals surface area contributed by atoms with Crippen LogP contribution < -0.4 is 16.6 Å². The van der Waals surface area contributed by atoms with E-state index in [1.807, 2.05) is 0 Å². The highest BCUT2D eigenvalue weighted by atomic mass is 16.3. The fraction of sp³-hybridized carbons (Fsp3) is 0.636. The minimum absolute atomic E-state index is 0.280. The number of aryl methyl sites for hydroxylation is 1. The first-order chi connectivity index (χ1) is 7.93. The van der Waals surface area contributed by atoms with Gasteiger partial charge in [0.1, 0.15) is 0 Å². The predicted octanol–water partition coefficient (Wildman–Crippen LogP) is -1.06. The molecule has 0 aliphatic heterocycles. The average Bonchev–Trinajstić information content (AvgIpc) is 2.27. The van der Waals surface area contributed by atoms with Crippen LogP contribution in [0.3, 0.4) is 0 Å². The summed E-state index contributed by atoms with van der Waals surface area (Å²) in [5.74, 6) is 0. The maximum atomic E-state index is 11.7. The Hall–Kier alpha value is -1.40. The first kappa shape index (κ1) is 13.7. The number of aliphatic hydroxyl groups excluding tert-OH is 1. The molecule has 1 aromatic rings. The number of aromatic nitrogens is 2. The summed E-state index contributed by atoms with van der Waals surface area (Å²) < 4.78 is 2.47. The van der Waals surface area contributed by atoms with Gasteiger partial charge in [0.05, 0.1) is 6.10 Å². The first-order valence-electron chi connectivity index (χ1n) is 5.57. The minimum atomic E-state index is -0.356. The Morgan fingerprint density at radius 1 is 1.41 bits per heavy atom. The third-order valence-corrected chi connectivity index (χ3v) is 2.57. The van der Waals surface area contributed by atoms with Gasteiger partial charge in [-0.05, 0) is 19.9 Å². The predicted molar refractivity (Wildman–Crippen MR) is 64.9 cm³/mol. The van der Waals surface area contributed by atoms with Gasteiger partial charge in [-0.15, -0.1) is 0 Å². The molecule has 17 heavy (non-hydrogen) atoms. The van der Waals surface area contributed by atoms with E-state index in [2.05, 4.69) is 5.32 Å². The molecule has 6 nitrogen and oxygen atoms in total. The maximum absolute atomic E-state index is 11.7. The number of hydrogen-bond donors (Lipinski definition) is 2. The van der Waals surface area contributed by atoms with Crippen LogP contribution in [0.1, 0.15) is 18.9 Å². The topological polar surface area (TPSA) is 76.3 Å². The molecule has 0 aliphatic rings. The number of rotatable bonds is 5. The molecule has 0 aromatic carbocycles. The van der Waals surface area contributed by atoms with Crippen LogP contribution in [0.4, 0.5) is 0 Å². The Labute approximate surface area is 99.5 Å². The van der Waals surface area contributed by atoms with Crippen molar-refractivity contribution in [2.45, 2.75) is 26.0 Å². The summed E-state index contributed by atoms with van der Waals surface area (Å²) in [7, 11) is 3.07. The van der Waals surface area contributed by atoms with E-state index in [0.29, 0.717) is 25.1 Å². The van der Waals surface area contributed by atoms with Crippen LogP contribution in [0, 0.1) is 0 Å². The van der Waals surface area contributed by atoms with Gasteiger partial charge < -0.3 is 15.0 Å². The van der Waals surface area contributed by atoms with Crippen molar-refractivity contribution in [1.29, 1.82) is 0 Å². The number of hydrogen-bond acceptors (Lipinski definition) is 4. The Morgan fingerprint density at radius 2 is 2.06 bits per heavy atom. The van der Waals surface area contributed by atoms with Gasteiger partial charge in [-0.3, -0.25) is 9.36 Å². The van der Waals surface area contributed by atoms with Gasteiger partial charge in [0, 0.05) is 32.4 Å². The van der Waals surface area contributed by atoms with E-state index in [9.17, 15) is 9.59 Å². The van der Waals surface area contributed by atoms with Gasteiger partial charge >= 0.3 is 5.69 Å². The standard InChI is InChI=1S/C11H19N3O3/c1-8(15)4-5-12-6-9-7-13(2)11(17)14(3)10(9)16/h7-8,12,15H,4-6H2,1-3H3. The van der Waals surface area contributed by atoms with E-state index >= 15 is 0 Å². The van der Waals surface area contributed by atoms with Gasteiger partial charge in [0.2, 0.25) is 0 Å². The van der Waals surface area contributed by atoms with E-state index in [0.717, 1.165) is 4.57 Å². The van der Waals surface area contributed by atoms with E-state index in [4.69, 9.17) is 5.11 Å². The summed E-state index contributed by atoms with van der Waals surface area (Å²) in [6, 6.07) is 0. The summed E-state index contributed by atoms with van der Waals surface area (Å²) in [5.41, 5.74) is -0.0689. The average molecular weight is 241 g/mol. The van der Waals surface area contributed by atoms with Gasteiger partial charge in [0.25, 0.3) is 5.56 Å². The monoisotopic (exact) mass is 241 g/mol. The molecule has 0 aliphatic carbocycles. The lowest BCUT2D eigenvalue weighted by molar-refractivity contribution is 0.183. The van der Waals surface area contributed by atoms with Crippen LogP contribution in [0.2, 0.25) is 0 Å². The zero-order chi connectivity index (χ0) is 13.0. The normalized spacial score (nSPS) is 12.7. The maximum Gasteiger partial charge on any atom is 0.330 e. The molecule has 0 spiro atoms. The Bertz CT molecular complexity index is 488. The van der Waals surface area contributed by atoms with Crippen LogP contribution in [0.25, 0.3) is 0 Å². The highest BCUT2D eigenvalue weighted by Crippen LogP contribution is 1.90. The van der Waals surface area contributed by atoms with Crippen molar-refractivity contribution in [3.8, 4) is 0 Å². The number of aliphatic hydroxyl groups is 1. The van der Waals surface area contributed by atoms with Gasteiger partial charge in [0.15, 0.2) is 0 Å². The summed E-state index contributed by atoms with van der Waals surface area (Å²) in [4.78, 5) is 23.2. The third kappa shape index (κ3) is 3.54. The lowest BCUT2D eigenvalue weighted by Gasteiger charge is -2.08. The molecule has 0 saturated carbocycles. The van der Waals surface area contributed by atoms with Crippen LogP contribution in [0.15, 0.2) is 15.8 Å². The molecule has 0 amide bonds. The van der Waals surface area contributed by atoms with Crippen molar-refractivity contribution < 1.29 is 5.11 Å². The largest absolute Gasteiger partial charge is 0.393 e. The summed E-state index contributed by atoms with van der Waals surface area (Å²) in [6.07, 6.45) is 1.82. The molecule has 6 heteroatoms. The highest BCUT2D eigenvalue weighted by Gasteiger charge is 2.06. The van der Waals surface area contributed by atoms with Crippen molar-refractivity contribution in [2.24, 2.45) is 14.1 Å². The zero-order valence-electron chi connectivity index (χ0n) is 10.4. The summed E-state index contributed by atoms with van der Waals surface area (Å²) in [5, 5.41) is 12.1. The van der Waals surface area contributed by atoms with E-state index < -0.39 is 0 Å². The molecule has 0 fully saturated rings. The summed E-state index contributed by atoms with van der Waals surface area (Å²) >= 11 is 0. The lowest BCUT2D eigenvalue weighted by atomic mass is 10.2. The number of nitrogens with zero attached hydrogens (tertiary/aromatic N) is 2. The second kappa shape index (κ2) is 5.79. The SMILES string of the molecule is CC(O)CCNCc1cn(C)c(=O)n(C)c1=O. The Morgan fingerprint density at radius 3 is 2.65 bits per heavy atom. The van der Waals surface area contributed by atoms with Gasteiger partial charge in [-0.25, -0.2) is 4.79 Å². The molecular weight excluding hydrogens is 222 g/mol. The second-order valence-corrected chi connectivity index (χ2v) is 4.23. The summed E-state index contributed by atoms with van der Waals surface area (Å²) in [6.45, 7) is 2.74. The van der Waals surface area contributed by atoms with Crippen molar-refractivity contribution >= 4 is 0 Å². The molecule has 1 rings (SSSR count). The fourth-order valence-corrected chi connectivity index (χ4v) is 1.54. The van der Waals surface area contributed by atoms with Gasteiger partial charge in [-0.2, -0.15) is 0 Å². The zero-order valence-corrected chi connectivity index (χ0v) is 10.4. The van der Waals surface area contributed by atoms with Crippen molar-refractivity contribution in [3.63, 3.8) is 0 Å². The molecule has 96 valence electrons. The lowest BCUT2D eigenvalue weighted by Crippen LogP contribution is -2.39. The first-order valence-corrected chi connectivity index (χ1v) is 5.57. The Kier molecular flexibility index (Phi) is 4.65. The fourth-order valence-electron chi connectivity index (χ4n) is 1.54. The minimum Gasteiger partial charge on any atom is -0.393 e. The molecule has 1 heterocycles. The van der Waals surface area contributed by atoms with Crippen molar-refractivity contribution in [2.75, 3.05) is 6.54 Å². The molecule has 1 unspecified atom stereocenters. The molecule has 0 bridgehead atoms. The van der Waals surface area contributed by atoms with Crippen molar-refractivity contribution in [1.82, 2.24) is 14.5 Å². The molecule has 0 radical (unpaired) electrons. The second-order valence-electron chi connectivity index (χ2n) is 4.23. The van der Waals surface area contributed by atoms with Crippen LogP contribution in [-0.4, -0.2) is 26.9 Å². The molecular formula is C11H19N3O3. The highest BCUT2D eigenvalue weighted by molar-refractivity contribution is 5.05. The number of nitrogens with one attached hydrogen (secondary N) is 1. The van der Waals surface area contributed by atoms with Crippen LogP contribution in [0.5, 0.6) is 0 Å². The van der Waals surface area contributed by atoms with Crippen LogP contribution >= 0.6 is 0 Å². The smallest absolute Gasteiger partial charge is 0.330 e. The van der Waals surface area contributed by atoms with E-state index in [1.54, 1.807) is 20.2 Å². The molecule has 1 atom stereocenters. The van der Waals surface area contributed by atoms with Crippen LogP contribution in [-0.2, 0) is 20.6 Å². The molecule has 2 N–H and O–H groups in total. The third-order valence-electron chi connectivity index (χ3n) is 2.57. The van der Waals surface area contributed by atoms with E-state index in [1.165, 1.54) is 11.6 Å².